The largest absolute Gasteiger partial charge is 0.420 e. The van der Waals surface area contributed by atoms with Crippen LogP contribution in [0.25, 0.3) is 11.4 Å². The van der Waals surface area contributed by atoms with Crippen LogP contribution in [0.15, 0.2) is 30.5 Å². The van der Waals surface area contributed by atoms with Crippen LogP contribution in [-0.4, -0.2) is 9.97 Å². The summed E-state index contributed by atoms with van der Waals surface area (Å²) in [5.74, 6) is 0. The Hall–Kier alpha value is -1.33. The molecule has 0 fully saturated rings. The number of halogens is 5. The average Bonchev–Trinajstić information content (AvgIpc) is 2.27. The zero-order valence-corrected chi connectivity index (χ0v) is 10.2. The van der Waals surface area contributed by atoms with Crippen molar-refractivity contribution in [3.63, 3.8) is 0 Å². The molecule has 0 atom stereocenters. The predicted octanol–water partition coefficient (Wildman–Crippen LogP) is 4.47. The molecule has 2 heterocycles. The standard InChI is InChI=1S/C11H5Cl2F3N2/c12-6-5-8(7-3-1-2-4-17-7)18-10(13)9(6)11(14,15)16/h1-5H. The van der Waals surface area contributed by atoms with Crippen molar-refractivity contribution in [1.82, 2.24) is 9.97 Å². The fourth-order valence-electron chi connectivity index (χ4n) is 1.38. The molecular weight excluding hydrogens is 288 g/mol. The molecule has 7 heteroatoms. The second-order valence-electron chi connectivity index (χ2n) is 3.37. The first-order chi connectivity index (χ1) is 8.39. The van der Waals surface area contributed by atoms with Crippen LogP contribution in [-0.2, 0) is 6.18 Å². The number of pyridine rings is 2. The first-order valence-corrected chi connectivity index (χ1v) is 5.50. The Morgan fingerprint density at radius 3 is 2.28 bits per heavy atom. The van der Waals surface area contributed by atoms with Gasteiger partial charge in [-0.3, -0.25) is 4.98 Å². The van der Waals surface area contributed by atoms with E-state index >= 15 is 0 Å². The van der Waals surface area contributed by atoms with E-state index < -0.39 is 21.9 Å². The number of aromatic nitrogens is 2. The molecule has 0 aliphatic heterocycles. The fraction of sp³-hybridized carbons (Fsp3) is 0.0909. The van der Waals surface area contributed by atoms with E-state index in [0.717, 1.165) is 6.07 Å². The van der Waals surface area contributed by atoms with Gasteiger partial charge in [-0.2, -0.15) is 13.2 Å². The molecular formula is C11H5Cl2F3N2. The lowest BCUT2D eigenvalue weighted by molar-refractivity contribution is -0.137. The third-order valence-electron chi connectivity index (χ3n) is 2.14. The number of alkyl halides is 3. The van der Waals surface area contributed by atoms with Crippen molar-refractivity contribution in [2.45, 2.75) is 6.18 Å². The van der Waals surface area contributed by atoms with Gasteiger partial charge < -0.3 is 0 Å². The highest BCUT2D eigenvalue weighted by atomic mass is 35.5. The van der Waals surface area contributed by atoms with Crippen molar-refractivity contribution in [1.29, 1.82) is 0 Å². The van der Waals surface area contributed by atoms with E-state index in [-0.39, 0.29) is 5.69 Å². The van der Waals surface area contributed by atoms with Gasteiger partial charge >= 0.3 is 6.18 Å². The van der Waals surface area contributed by atoms with Crippen LogP contribution in [0.3, 0.4) is 0 Å². The summed E-state index contributed by atoms with van der Waals surface area (Å²) in [6.07, 6.45) is -3.14. The Balaban J connectivity index is 2.57. The lowest BCUT2D eigenvalue weighted by Crippen LogP contribution is -2.08. The predicted molar refractivity (Wildman–Crippen MR) is 62.5 cm³/mol. The number of hydrogen-bond donors (Lipinski definition) is 0. The molecule has 0 aliphatic carbocycles. The van der Waals surface area contributed by atoms with Gasteiger partial charge in [-0.1, -0.05) is 29.3 Å². The van der Waals surface area contributed by atoms with Gasteiger partial charge in [0.2, 0.25) is 0 Å². The van der Waals surface area contributed by atoms with Crippen LogP contribution in [0.2, 0.25) is 10.2 Å². The molecule has 2 aromatic rings. The van der Waals surface area contributed by atoms with Crippen molar-refractivity contribution in [2.24, 2.45) is 0 Å². The molecule has 0 saturated heterocycles. The highest BCUT2D eigenvalue weighted by Gasteiger charge is 2.37. The van der Waals surface area contributed by atoms with E-state index in [1.807, 2.05) is 0 Å². The summed E-state index contributed by atoms with van der Waals surface area (Å²) >= 11 is 11.1. The molecule has 2 nitrogen and oxygen atoms in total. The second-order valence-corrected chi connectivity index (χ2v) is 4.13. The summed E-state index contributed by atoms with van der Waals surface area (Å²) in [7, 11) is 0. The zero-order chi connectivity index (χ0) is 13.3. The third kappa shape index (κ3) is 2.57. The normalized spacial score (nSPS) is 11.6. The van der Waals surface area contributed by atoms with Crippen LogP contribution >= 0.6 is 23.2 Å². The van der Waals surface area contributed by atoms with Gasteiger partial charge in [-0.05, 0) is 18.2 Å². The minimum atomic E-state index is -4.64. The topological polar surface area (TPSA) is 25.8 Å². The third-order valence-corrected chi connectivity index (χ3v) is 2.71. The SMILES string of the molecule is FC(F)(F)c1c(Cl)cc(-c2ccccn2)nc1Cl. The molecule has 2 rings (SSSR count). The van der Waals surface area contributed by atoms with Crippen molar-refractivity contribution < 1.29 is 13.2 Å². The van der Waals surface area contributed by atoms with Crippen molar-refractivity contribution in [3.05, 3.63) is 46.2 Å². The molecule has 0 aromatic carbocycles. The summed E-state index contributed by atoms with van der Waals surface area (Å²) in [6.45, 7) is 0. The van der Waals surface area contributed by atoms with Gasteiger partial charge in [0.1, 0.15) is 10.7 Å². The molecule has 0 aliphatic rings. The quantitative estimate of drug-likeness (QED) is 0.725. The second kappa shape index (κ2) is 4.74. The number of hydrogen-bond acceptors (Lipinski definition) is 2. The Morgan fingerprint density at radius 2 is 1.78 bits per heavy atom. The Labute approximate surface area is 110 Å². The van der Waals surface area contributed by atoms with Gasteiger partial charge in [-0.15, -0.1) is 0 Å². The number of rotatable bonds is 1. The van der Waals surface area contributed by atoms with Crippen molar-refractivity contribution >= 4 is 23.2 Å². The summed E-state index contributed by atoms with van der Waals surface area (Å²) in [4.78, 5) is 7.63. The molecule has 0 bridgehead atoms. The summed E-state index contributed by atoms with van der Waals surface area (Å²) in [5, 5.41) is -1.18. The molecule has 0 unspecified atom stereocenters. The van der Waals surface area contributed by atoms with Gasteiger partial charge in [0.15, 0.2) is 0 Å². The first kappa shape index (κ1) is 13.1. The van der Waals surface area contributed by atoms with Crippen LogP contribution in [0.1, 0.15) is 5.56 Å². The van der Waals surface area contributed by atoms with E-state index in [1.165, 1.54) is 6.20 Å². The fourth-order valence-corrected chi connectivity index (χ4v) is 2.03. The summed E-state index contributed by atoms with van der Waals surface area (Å²) in [5.41, 5.74) is -0.542. The minimum absolute atomic E-state index is 0.193. The Morgan fingerprint density at radius 1 is 1.06 bits per heavy atom. The van der Waals surface area contributed by atoms with Crippen LogP contribution in [0.4, 0.5) is 13.2 Å². The highest BCUT2D eigenvalue weighted by Crippen LogP contribution is 2.39. The average molecular weight is 293 g/mol. The maximum absolute atomic E-state index is 12.6. The van der Waals surface area contributed by atoms with Crippen LogP contribution in [0, 0.1) is 0 Å². The van der Waals surface area contributed by atoms with E-state index in [0.29, 0.717) is 5.69 Å². The molecule has 0 N–H and O–H groups in total. The van der Waals surface area contributed by atoms with Crippen molar-refractivity contribution in [3.8, 4) is 11.4 Å². The minimum Gasteiger partial charge on any atom is -0.255 e. The van der Waals surface area contributed by atoms with Crippen LogP contribution in [0.5, 0.6) is 0 Å². The van der Waals surface area contributed by atoms with Gasteiger partial charge in [0.05, 0.1) is 16.4 Å². The zero-order valence-electron chi connectivity index (χ0n) is 8.67. The maximum atomic E-state index is 12.6. The molecule has 0 radical (unpaired) electrons. The maximum Gasteiger partial charge on any atom is 0.420 e. The Bertz CT molecular complexity index is 547. The molecule has 18 heavy (non-hydrogen) atoms. The Kier molecular flexibility index (Phi) is 3.45. The summed E-state index contributed by atoms with van der Waals surface area (Å²) in [6, 6.07) is 6.06. The molecule has 2 aromatic heterocycles. The molecule has 0 saturated carbocycles. The smallest absolute Gasteiger partial charge is 0.255 e. The highest BCUT2D eigenvalue weighted by molar-refractivity contribution is 6.35. The number of nitrogens with zero attached hydrogens (tertiary/aromatic N) is 2. The van der Waals surface area contributed by atoms with E-state index in [4.69, 9.17) is 23.2 Å². The molecule has 0 amide bonds. The lowest BCUT2D eigenvalue weighted by atomic mass is 10.2. The van der Waals surface area contributed by atoms with Gasteiger partial charge in [-0.25, -0.2) is 4.98 Å². The van der Waals surface area contributed by atoms with E-state index in [9.17, 15) is 13.2 Å². The van der Waals surface area contributed by atoms with Gasteiger partial charge in [0, 0.05) is 6.20 Å². The van der Waals surface area contributed by atoms with Gasteiger partial charge in [0.25, 0.3) is 0 Å². The first-order valence-electron chi connectivity index (χ1n) is 4.74. The van der Waals surface area contributed by atoms with Crippen LogP contribution < -0.4 is 0 Å². The van der Waals surface area contributed by atoms with Crippen molar-refractivity contribution in [2.75, 3.05) is 0 Å². The monoisotopic (exact) mass is 292 g/mol. The van der Waals surface area contributed by atoms with E-state index in [2.05, 4.69) is 9.97 Å². The lowest BCUT2D eigenvalue weighted by Gasteiger charge is -2.11. The van der Waals surface area contributed by atoms with E-state index in [1.54, 1.807) is 18.2 Å². The summed E-state index contributed by atoms with van der Waals surface area (Å²) < 4.78 is 37.9. The molecule has 0 spiro atoms. The molecule has 94 valence electrons.